The van der Waals surface area contributed by atoms with Gasteiger partial charge < -0.3 is 40.5 Å². The second-order valence-electron chi connectivity index (χ2n) is 10.6. The van der Waals surface area contributed by atoms with Crippen molar-refractivity contribution in [1.29, 1.82) is 0 Å². The van der Waals surface area contributed by atoms with Gasteiger partial charge in [0.15, 0.2) is 5.66 Å². The third-order valence-corrected chi connectivity index (χ3v) is 8.03. The first kappa shape index (κ1) is 31.9. The number of halogens is 3. The molecule has 1 aromatic rings. The van der Waals surface area contributed by atoms with E-state index in [0.717, 1.165) is 4.90 Å². The number of hydrogen-bond donors (Lipinski definition) is 6. The second-order valence-corrected chi connectivity index (χ2v) is 13.1. The summed E-state index contributed by atoms with van der Waals surface area (Å²) in [6.07, 6.45) is -1.05. The van der Waals surface area contributed by atoms with Crippen molar-refractivity contribution in [1.82, 2.24) is 31.1 Å². The van der Waals surface area contributed by atoms with E-state index in [4.69, 9.17) is 44.3 Å². The summed E-state index contributed by atoms with van der Waals surface area (Å²) in [6.45, 7) is 4.87. The normalized spacial score (nSPS) is 27.2. The van der Waals surface area contributed by atoms with Crippen molar-refractivity contribution in [2.75, 3.05) is 26.3 Å². The summed E-state index contributed by atoms with van der Waals surface area (Å²) >= 11 is 17.1. The van der Waals surface area contributed by atoms with Crippen LogP contribution in [0.2, 0.25) is 0 Å². The number of amides is 4. The molecule has 3 saturated heterocycles. The molecule has 18 heteroatoms. The Morgan fingerprint density at radius 3 is 2.59 bits per heavy atom. The molecule has 4 aliphatic rings. The third kappa shape index (κ3) is 5.81. The fourth-order valence-corrected chi connectivity index (χ4v) is 6.02. The maximum absolute atomic E-state index is 13.3. The first-order chi connectivity index (χ1) is 20.7. The molecule has 0 radical (unpaired) electrons. The molecule has 3 fully saturated rings. The number of hydrogen-bond acceptors (Lipinski definition) is 12. The smallest absolute Gasteiger partial charge is 0.414 e. The number of aliphatic imine (C=N–C) groups is 1. The predicted molar refractivity (Wildman–Crippen MR) is 157 cm³/mol. The molecule has 4 aliphatic heterocycles. The monoisotopic (exact) mass is 673 g/mol. The lowest BCUT2D eigenvalue weighted by Gasteiger charge is -2.49. The summed E-state index contributed by atoms with van der Waals surface area (Å²) < 4.78 is 8.54. The Hall–Kier alpha value is -3.50. The molecule has 6 N–H and O–H groups in total. The molecule has 0 aromatic heterocycles. The van der Waals surface area contributed by atoms with Crippen molar-refractivity contribution in [3.8, 4) is 5.75 Å². The van der Waals surface area contributed by atoms with Gasteiger partial charge in [-0.1, -0.05) is 47.4 Å². The molecule has 1 aromatic carbocycles. The quantitative estimate of drug-likeness (QED) is 0.128. The summed E-state index contributed by atoms with van der Waals surface area (Å²) in [5.74, 6) is -3.88. The van der Waals surface area contributed by atoms with Crippen molar-refractivity contribution in [2.45, 2.75) is 53.1 Å². The molecular weight excluding hydrogens is 645 g/mol. The van der Waals surface area contributed by atoms with E-state index in [1.807, 2.05) is 0 Å². The first-order valence-electron chi connectivity index (χ1n) is 13.6. The van der Waals surface area contributed by atoms with Gasteiger partial charge in [0.1, 0.15) is 18.4 Å². The lowest BCUT2D eigenvalue weighted by Crippen LogP contribution is -2.78. The fourth-order valence-electron chi connectivity index (χ4n) is 5.86. The van der Waals surface area contributed by atoms with Crippen molar-refractivity contribution < 1.29 is 38.9 Å². The number of alkyl carbamates (subject to hydrolysis) is 1. The van der Waals surface area contributed by atoms with Crippen molar-refractivity contribution >= 4 is 64.6 Å². The van der Waals surface area contributed by atoms with Gasteiger partial charge in [0, 0.05) is 24.9 Å². The second kappa shape index (κ2) is 11.8. The minimum atomic E-state index is -2.76. The van der Waals surface area contributed by atoms with Crippen LogP contribution < -0.4 is 26.0 Å². The Kier molecular flexibility index (Phi) is 8.54. The lowest BCUT2D eigenvalue weighted by molar-refractivity contribution is -0.231. The number of nitrogens with zero attached hydrogens (tertiary/aromatic N) is 3. The average molecular weight is 675 g/mol. The van der Waals surface area contributed by atoms with Crippen LogP contribution in [0, 0.1) is 0 Å². The van der Waals surface area contributed by atoms with Gasteiger partial charge in [-0.3, -0.25) is 24.6 Å². The summed E-state index contributed by atoms with van der Waals surface area (Å²) in [7, 11) is 0. The number of likely N-dealkylation sites (tertiary alicyclic amines) is 1. The van der Waals surface area contributed by atoms with Gasteiger partial charge >= 0.3 is 6.09 Å². The predicted octanol–water partition coefficient (Wildman–Crippen LogP) is -0.107. The number of aliphatic hydroxyl groups is 2. The van der Waals surface area contributed by atoms with Gasteiger partial charge in [-0.15, -0.1) is 0 Å². The zero-order valence-electron chi connectivity index (χ0n) is 23.3. The number of carbonyl (C=O) groups excluding carboxylic acids is 4. The van der Waals surface area contributed by atoms with E-state index in [9.17, 15) is 29.4 Å². The zero-order valence-corrected chi connectivity index (χ0v) is 25.6. The van der Waals surface area contributed by atoms with E-state index in [1.54, 1.807) is 19.1 Å². The topological polar surface area (TPSA) is 194 Å². The van der Waals surface area contributed by atoms with E-state index < -0.39 is 63.8 Å². The Morgan fingerprint density at radius 2 is 1.93 bits per heavy atom. The third-order valence-electron chi connectivity index (χ3n) is 7.71. The molecule has 0 bridgehead atoms. The Bertz CT molecular complexity index is 1400. The molecule has 4 heterocycles. The van der Waals surface area contributed by atoms with E-state index in [1.165, 1.54) is 17.0 Å². The highest BCUT2D eigenvalue weighted by atomic mass is 35.6. The van der Waals surface area contributed by atoms with Crippen LogP contribution in [-0.4, -0.2) is 109 Å². The number of benzene rings is 1. The minimum Gasteiger partial charge on any atom is -0.494 e. The molecule has 44 heavy (non-hydrogen) atoms. The fraction of sp³-hybridized carbons (Fsp3) is 0.500. The molecule has 4 atom stereocenters. The van der Waals surface area contributed by atoms with Crippen molar-refractivity contribution in [2.24, 2.45) is 4.99 Å². The Labute approximate surface area is 266 Å². The molecule has 3 unspecified atom stereocenters. The number of nitrogens with one attached hydrogen (secondary N) is 4. The van der Waals surface area contributed by atoms with Gasteiger partial charge in [0.05, 0.1) is 31.1 Å². The summed E-state index contributed by atoms with van der Waals surface area (Å²) in [5.41, 5.74) is -1.73. The number of imide groups is 1. The summed E-state index contributed by atoms with van der Waals surface area (Å²) in [4.78, 5) is 58.0. The Balaban J connectivity index is 1.50. The van der Waals surface area contributed by atoms with E-state index in [0.29, 0.717) is 12.4 Å². The van der Waals surface area contributed by atoms with E-state index in [-0.39, 0.29) is 43.3 Å². The summed E-state index contributed by atoms with van der Waals surface area (Å²) in [5, 5.41) is 34.7. The number of ether oxygens (including phenoxy) is 2. The van der Waals surface area contributed by atoms with Crippen LogP contribution in [0.3, 0.4) is 0 Å². The van der Waals surface area contributed by atoms with Gasteiger partial charge in [-0.05, 0) is 25.1 Å². The maximum atomic E-state index is 13.3. The van der Waals surface area contributed by atoms with E-state index >= 15 is 0 Å². The molecule has 238 valence electrons. The summed E-state index contributed by atoms with van der Waals surface area (Å²) in [6, 6.07) is 2.88. The zero-order chi connectivity index (χ0) is 32.0. The van der Waals surface area contributed by atoms with Crippen molar-refractivity contribution in [3.05, 3.63) is 42.2 Å². The minimum absolute atomic E-state index is 0.0204. The standard InChI is InChI=1S/C26H30Cl3N7O8/c1-3-43-15-6-4-5-14(9-15)21(39)32-17-11-36-22(33-23(40)44-12-24(27,28)29)31-16(10-35-18(37)7-8-19(35)38)20-25(36,26(17,41)42)34-13(2)30-20/h4-6,9,16-17,20,30,34,41-42H,2-3,7-8,10-12H2,1H3,(H,32,39)(H,31,33,40)/t16-,17?,20?,25?/m0/s1. The van der Waals surface area contributed by atoms with Gasteiger partial charge in [-0.25, -0.2) is 9.79 Å². The van der Waals surface area contributed by atoms with Crippen LogP contribution in [-0.2, 0) is 14.3 Å². The number of alkyl halides is 3. The molecule has 0 aliphatic carbocycles. The first-order valence-corrected chi connectivity index (χ1v) is 14.7. The van der Waals surface area contributed by atoms with Crippen LogP contribution in [0.25, 0.3) is 0 Å². The van der Waals surface area contributed by atoms with Crippen LogP contribution in [0.1, 0.15) is 30.1 Å². The maximum Gasteiger partial charge on any atom is 0.414 e. The average Bonchev–Trinajstić information content (AvgIpc) is 3.54. The molecule has 1 spiro atoms. The van der Waals surface area contributed by atoms with Gasteiger partial charge in [-0.2, -0.15) is 0 Å². The van der Waals surface area contributed by atoms with Gasteiger partial charge in [0.25, 0.3) is 5.91 Å². The highest BCUT2D eigenvalue weighted by Crippen LogP contribution is 2.45. The molecule has 15 nitrogen and oxygen atoms in total. The van der Waals surface area contributed by atoms with E-state index in [2.05, 4.69) is 32.8 Å². The SMILES string of the molecule is C=C1NC2[C@H](CN3C(=O)CCC3=O)N=C(NC(=O)OCC(Cl)(Cl)Cl)N3CC(NC(=O)c4cccc(OCC)c4)C(O)(O)C23N1. The highest BCUT2D eigenvalue weighted by molar-refractivity contribution is 6.67. The van der Waals surface area contributed by atoms with Crippen LogP contribution in [0.5, 0.6) is 5.75 Å². The molecular formula is C26H30Cl3N7O8. The van der Waals surface area contributed by atoms with Crippen LogP contribution in [0.15, 0.2) is 41.7 Å². The molecule has 0 saturated carbocycles. The van der Waals surface area contributed by atoms with Crippen LogP contribution >= 0.6 is 34.8 Å². The molecule has 4 amide bonds. The van der Waals surface area contributed by atoms with Gasteiger partial charge in [0.2, 0.25) is 27.4 Å². The lowest BCUT2D eigenvalue weighted by atomic mass is 9.85. The molecule has 5 rings (SSSR count). The highest BCUT2D eigenvalue weighted by Gasteiger charge is 2.74. The number of guanidine groups is 1. The Morgan fingerprint density at radius 1 is 1.23 bits per heavy atom. The van der Waals surface area contributed by atoms with Crippen molar-refractivity contribution in [3.63, 3.8) is 0 Å². The largest absolute Gasteiger partial charge is 0.494 e. The number of rotatable bonds is 7. The van der Waals surface area contributed by atoms with Crippen LogP contribution in [0.4, 0.5) is 4.79 Å². The number of carbonyl (C=O) groups is 4.